The lowest BCUT2D eigenvalue weighted by molar-refractivity contribution is -0.427. The molecule has 35 heavy (non-hydrogen) atoms. The summed E-state index contributed by atoms with van der Waals surface area (Å²) >= 11 is 0. The van der Waals surface area contributed by atoms with Crippen molar-refractivity contribution in [1.82, 2.24) is 5.32 Å². The quantitative estimate of drug-likeness (QED) is 0.239. The van der Waals surface area contributed by atoms with Crippen molar-refractivity contribution in [3.05, 3.63) is 69.4 Å². The first-order valence-corrected chi connectivity index (χ1v) is 11.5. The third-order valence-corrected chi connectivity index (χ3v) is 5.35. The van der Waals surface area contributed by atoms with Crippen molar-refractivity contribution in [2.24, 2.45) is 5.73 Å². The van der Waals surface area contributed by atoms with Crippen LogP contribution in [0.5, 0.6) is 11.5 Å². The van der Waals surface area contributed by atoms with Gasteiger partial charge in [-0.2, -0.15) is 0 Å². The Kier molecular flexibility index (Phi) is 9.19. The number of carbonyl (C=O) groups is 2. The van der Waals surface area contributed by atoms with E-state index in [1.807, 2.05) is 37.3 Å². The standard InChI is InChI=1S/C25H30N4O6/c1-2-34-22-15-19(13-18-14-20(29(32)33)16-35-24(18)22)28-23(30)10-6-7-11-27-25(31)21(26)12-17-8-4-3-5-9-17/h3-5,8-9,13-15,21H,2,6-7,10-12,16,26H2,1H3,(H,27,31)(H,28,30)/t21-/m1/s1. The molecule has 0 fully saturated rings. The van der Waals surface area contributed by atoms with Crippen LogP contribution in [0.4, 0.5) is 5.69 Å². The van der Waals surface area contributed by atoms with Crippen molar-refractivity contribution in [3.8, 4) is 11.5 Å². The molecule has 0 radical (unpaired) electrons. The van der Waals surface area contributed by atoms with Crippen LogP contribution in [-0.2, 0) is 16.0 Å². The second-order valence-electron chi connectivity index (χ2n) is 8.10. The van der Waals surface area contributed by atoms with Crippen LogP contribution in [0.1, 0.15) is 37.3 Å². The van der Waals surface area contributed by atoms with Crippen LogP contribution in [-0.4, -0.2) is 42.5 Å². The molecule has 2 amide bonds. The highest BCUT2D eigenvalue weighted by molar-refractivity contribution is 5.92. The van der Waals surface area contributed by atoms with E-state index in [4.69, 9.17) is 15.2 Å². The Balaban J connectivity index is 1.46. The van der Waals surface area contributed by atoms with Gasteiger partial charge in [0.2, 0.25) is 11.8 Å². The van der Waals surface area contributed by atoms with Crippen LogP contribution < -0.4 is 25.8 Å². The summed E-state index contributed by atoms with van der Waals surface area (Å²) in [5, 5.41) is 16.7. The van der Waals surface area contributed by atoms with Gasteiger partial charge in [-0.25, -0.2) is 0 Å². The van der Waals surface area contributed by atoms with Crippen molar-refractivity contribution in [2.45, 2.75) is 38.6 Å². The Bertz CT molecular complexity index is 1090. The van der Waals surface area contributed by atoms with Gasteiger partial charge in [0.1, 0.15) is 0 Å². The highest BCUT2D eigenvalue weighted by Crippen LogP contribution is 2.39. The number of nitro groups is 1. The number of carbonyl (C=O) groups excluding carboxylic acids is 2. The Morgan fingerprint density at radius 3 is 2.71 bits per heavy atom. The molecule has 0 spiro atoms. The number of rotatable bonds is 12. The monoisotopic (exact) mass is 482 g/mol. The molecule has 0 unspecified atom stereocenters. The van der Waals surface area contributed by atoms with Crippen LogP contribution in [0, 0.1) is 10.1 Å². The van der Waals surface area contributed by atoms with E-state index in [0.29, 0.717) is 55.2 Å². The van der Waals surface area contributed by atoms with Gasteiger partial charge in [0.15, 0.2) is 18.1 Å². The molecule has 0 saturated heterocycles. The number of nitrogens with two attached hydrogens (primary N) is 1. The highest BCUT2D eigenvalue weighted by atomic mass is 16.6. The molecular formula is C25H30N4O6. The van der Waals surface area contributed by atoms with E-state index in [9.17, 15) is 19.7 Å². The SMILES string of the molecule is CCOc1cc(NC(=O)CCCCNC(=O)[C@H](N)Cc2ccccc2)cc2c1OCC([N+](=O)[O-])=C2. The Morgan fingerprint density at radius 2 is 2.00 bits per heavy atom. The normalized spacial score (nSPS) is 13.0. The summed E-state index contributed by atoms with van der Waals surface area (Å²) in [6.07, 6.45) is 3.32. The summed E-state index contributed by atoms with van der Waals surface area (Å²) in [4.78, 5) is 35.2. The fraction of sp³-hybridized carbons (Fsp3) is 0.360. The van der Waals surface area contributed by atoms with Gasteiger partial charge in [-0.15, -0.1) is 0 Å². The van der Waals surface area contributed by atoms with E-state index < -0.39 is 11.0 Å². The minimum absolute atomic E-state index is 0.0750. The Hall–Kier alpha value is -3.92. The van der Waals surface area contributed by atoms with Crippen molar-refractivity contribution in [2.75, 3.05) is 25.1 Å². The minimum Gasteiger partial charge on any atom is -0.490 e. The van der Waals surface area contributed by atoms with Crippen LogP contribution >= 0.6 is 0 Å². The molecule has 10 heteroatoms. The second-order valence-corrected chi connectivity index (χ2v) is 8.10. The maximum atomic E-state index is 12.4. The van der Waals surface area contributed by atoms with Crippen LogP contribution in [0.15, 0.2) is 48.2 Å². The smallest absolute Gasteiger partial charge is 0.284 e. The fourth-order valence-electron chi connectivity index (χ4n) is 3.63. The summed E-state index contributed by atoms with van der Waals surface area (Å²) in [6, 6.07) is 12.2. The van der Waals surface area contributed by atoms with Crippen molar-refractivity contribution in [3.63, 3.8) is 0 Å². The van der Waals surface area contributed by atoms with Crippen LogP contribution in [0.3, 0.4) is 0 Å². The molecule has 0 aromatic heterocycles. The number of benzene rings is 2. The molecule has 1 aliphatic heterocycles. The van der Waals surface area contributed by atoms with E-state index in [1.54, 1.807) is 12.1 Å². The maximum Gasteiger partial charge on any atom is 0.284 e. The summed E-state index contributed by atoms with van der Waals surface area (Å²) in [6.45, 7) is 2.46. The number of fused-ring (bicyclic) bond motifs is 1. The van der Waals surface area contributed by atoms with Gasteiger partial charge in [0.05, 0.1) is 17.6 Å². The zero-order valence-corrected chi connectivity index (χ0v) is 19.6. The molecule has 2 aromatic carbocycles. The third kappa shape index (κ3) is 7.54. The van der Waals surface area contributed by atoms with E-state index in [1.165, 1.54) is 6.08 Å². The molecular weight excluding hydrogens is 452 g/mol. The number of hydrogen-bond donors (Lipinski definition) is 3. The van der Waals surface area contributed by atoms with Gasteiger partial charge >= 0.3 is 0 Å². The zero-order valence-electron chi connectivity index (χ0n) is 19.6. The lowest BCUT2D eigenvalue weighted by atomic mass is 10.1. The maximum absolute atomic E-state index is 12.4. The molecule has 4 N–H and O–H groups in total. The molecule has 10 nitrogen and oxygen atoms in total. The molecule has 3 rings (SSSR count). The van der Waals surface area contributed by atoms with Crippen LogP contribution in [0.2, 0.25) is 0 Å². The fourth-order valence-corrected chi connectivity index (χ4v) is 3.63. The van der Waals surface area contributed by atoms with Crippen LogP contribution in [0.25, 0.3) is 6.08 Å². The average molecular weight is 483 g/mol. The highest BCUT2D eigenvalue weighted by Gasteiger charge is 2.24. The lowest BCUT2D eigenvalue weighted by Gasteiger charge is -2.19. The predicted octanol–water partition coefficient (Wildman–Crippen LogP) is 2.89. The number of nitrogens with one attached hydrogen (secondary N) is 2. The molecule has 0 bridgehead atoms. The summed E-state index contributed by atoms with van der Waals surface area (Å²) in [7, 11) is 0. The summed E-state index contributed by atoms with van der Waals surface area (Å²) in [5.74, 6) is 0.389. The molecule has 0 aliphatic carbocycles. The molecule has 2 aromatic rings. The lowest BCUT2D eigenvalue weighted by Crippen LogP contribution is -2.42. The molecule has 1 heterocycles. The van der Waals surface area contributed by atoms with Gasteiger partial charge in [-0.3, -0.25) is 19.7 Å². The average Bonchev–Trinajstić information content (AvgIpc) is 2.84. The number of nitrogens with zero attached hydrogens (tertiary/aromatic N) is 1. The third-order valence-electron chi connectivity index (χ3n) is 5.35. The van der Waals surface area contributed by atoms with Crippen molar-refractivity contribution < 1.29 is 24.0 Å². The number of hydrogen-bond acceptors (Lipinski definition) is 7. The summed E-state index contributed by atoms with van der Waals surface area (Å²) in [5.41, 5.74) is 7.82. The topological polar surface area (TPSA) is 146 Å². The number of anilines is 1. The van der Waals surface area contributed by atoms with E-state index in [2.05, 4.69) is 10.6 Å². The first-order valence-electron chi connectivity index (χ1n) is 11.5. The first-order chi connectivity index (χ1) is 16.9. The van der Waals surface area contributed by atoms with E-state index >= 15 is 0 Å². The van der Waals surface area contributed by atoms with E-state index in [-0.39, 0.29) is 30.5 Å². The van der Waals surface area contributed by atoms with Gasteiger partial charge in [-0.1, -0.05) is 30.3 Å². The first kappa shape index (κ1) is 25.7. The molecule has 186 valence electrons. The minimum atomic E-state index is -0.627. The van der Waals surface area contributed by atoms with Gasteiger partial charge in [0.25, 0.3) is 5.70 Å². The summed E-state index contributed by atoms with van der Waals surface area (Å²) < 4.78 is 11.1. The van der Waals surface area contributed by atoms with Crippen molar-refractivity contribution in [1.29, 1.82) is 0 Å². The zero-order chi connectivity index (χ0) is 25.2. The Morgan fingerprint density at radius 1 is 1.23 bits per heavy atom. The number of amides is 2. The number of unbranched alkanes of at least 4 members (excludes halogenated alkanes) is 1. The molecule has 1 atom stereocenters. The predicted molar refractivity (Wildman–Crippen MR) is 132 cm³/mol. The van der Waals surface area contributed by atoms with Gasteiger partial charge in [0, 0.05) is 36.4 Å². The van der Waals surface area contributed by atoms with Gasteiger partial charge < -0.3 is 25.8 Å². The largest absolute Gasteiger partial charge is 0.490 e. The molecule has 0 saturated carbocycles. The molecule has 1 aliphatic rings. The Labute approximate surface area is 203 Å². The van der Waals surface area contributed by atoms with Crippen molar-refractivity contribution >= 4 is 23.6 Å². The second kappa shape index (κ2) is 12.5. The van der Waals surface area contributed by atoms with Gasteiger partial charge in [-0.05, 0) is 37.8 Å². The van der Waals surface area contributed by atoms with E-state index in [0.717, 1.165) is 5.56 Å². The number of ether oxygens (including phenoxy) is 2.